The average molecular weight is 441 g/mol. The van der Waals surface area contributed by atoms with E-state index in [-0.39, 0.29) is 5.56 Å². The fourth-order valence-electron chi connectivity index (χ4n) is 3.78. The van der Waals surface area contributed by atoms with Gasteiger partial charge in [-0.3, -0.25) is 14.3 Å². The minimum atomic E-state index is -1.43. The maximum absolute atomic E-state index is 13.8. The number of benzene rings is 2. The summed E-state index contributed by atoms with van der Waals surface area (Å²) in [5.74, 6) is 0.783. The van der Waals surface area contributed by atoms with E-state index in [4.69, 9.17) is 4.74 Å². The van der Waals surface area contributed by atoms with Gasteiger partial charge in [0.15, 0.2) is 0 Å². The number of hydrogen-bond acceptors (Lipinski definition) is 6. The second-order valence-corrected chi connectivity index (χ2v) is 7.49. The Balaban J connectivity index is 1.75. The first-order valence-corrected chi connectivity index (χ1v) is 10.4. The maximum Gasteiger partial charge on any atom is 0.265 e. The number of nitrogens with one attached hydrogen (secondary N) is 1. The van der Waals surface area contributed by atoms with E-state index in [1.807, 2.05) is 30.3 Å². The minimum absolute atomic E-state index is 0.237. The molecule has 2 aromatic carbocycles. The van der Waals surface area contributed by atoms with Crippen molar-refractivity contribution in [2.75, 3.05) is 12.4 Å². The standard InChI is InChI=1S/C25H20FN5O2/c1-15(26)33-20-8-5-16(6-9-20)22-23-18(13-29-25(27-2)30-23)14-31(24(22)32)19-7-10-21-17(12-19)4-3-11-28-21/h3-15H,1-2H3,(H,27,30)/t15-/m1/s1. The largest absolute Gasteiger partial charge is 0.461 e. The molecule has 0 amide bonds. The molecule has 8 heteroatoms. The van der Waals surface area contributed by atoms with Crippen molar-refractivity contribution in [2.24, 2.45) is 0 Å². The fourth-order valence-corrected chi connectivity index (χ4v) is 3.78. The van der Waals surface area contributed by atoms with Crippen LogP contribution in [-0.4, -0.2) is 32.9 Å². The Morgan fingerprint density at radius 3 is 2.64 bits per heavy atom. The summed E-state index contributed by atoms with van der Waals surface area (Å²) in [5, 5.41) is 4.54. The van der Waals surface area contributed by atoms with E-state index in [0.29, 0.717) is 39.4 Å². The number of pyridine rings is 2. The van der Waals surface area contributed by atoms with E-state index in [0.717, 1.165) is 10.9 Å². The zero-order chi connectivity index (χ0) is 22.9. The Labute approximate surface area is 188 Å². The molecule has 0 saturated heterocycles. The molecule has 3 heterocycles. The van der Waals surface area contributed by atoms with Crippen LogP contribution in [-0.2, 0) is 0 Å². The van der Waals surface area contributed by atoms with Gasteiger partial charge < -0.3 is 10.1 Å². The molecule has 0 unspecified atom stereocenters. The lowest BCUT2D eigenvalue weighted by Crippen LogP contribution is -2.20. The van der Waals surface area contributed by atoms with E-state index in [9.17, 15) is 9.18 Å². The van der Waals surface area contributed by atoms with Crippen LogP contribution in [0.25, 0.3) is 38.6 Å². The molecule has 5 aromatic rings. The van der Waals surface area contributed by atoms with Crippen LogP contribution in [0.3, 0.4) is 0 Å². The van der Waals surface area contributed by atoms with Crippen LogP contribution in [0.5, 0.6) is 5.75 Å². The molecule has 1 N–H and O–H groups in total. The highest BCUT2D eigenvalue weighted by Gasteiger charge is 2.16. The van der Waals surface area contributed by atoms with Gasteiger partial charge in [0.05, 0.1) is 16.6 Å². The van der Waals surface area contributed by atoms with Gasteiger partial charge in [-0.2, -0.15) is 0 Å². The van der Waals surface area contributed by atoms with Gasteiger partial charge in [-0.15, -0.1) is 0 Å². The first kappa shape index (κ1) is 20.6. The van der Waals surface area contributed by atoms with E-state index in [2.05, 4.69) is 20.3 Å². The predicted molar refractivity (Wildman–Crippen MR) is 127 cm³/mol. The summed E-state index contributed by atoms with van der Waals surface area (Å²) in [7, 11) is 1.72. The second kappa shape index (κ2) is 8.31. The molecular weight excluding hydrogens is 421 g/mol. The topological polar surface area (TPSA) is 81.9 Å². The Bertz CT molecular complexity index is 1530. The molecule has 3 aromatic heterocycles. The molecule has 0 bridgehead atoms. The summed E-state index contributed by atoms with van der Waals surface area (Å²) in [6, 6.07) is 16.2. The molecule has 164 valence electrons. The van der Waals surface area contributed by atoms with Gasteiger partial charge in [-0.25, -0.2) is 14.4 Å². The van der Waals surface area contributed by atoms with Gasteiger partial charge in [-0.1, -0.05) is 18.2 Å². The van der Waals surface area contributed by atoms with Crippen molar-refractivity contribution in [1.29, 1.82) is 0 Å². The number of nitrogens with zero attached hydrogens (tertiary/aromatic N) is 4. The Hall–Kier alpha value is -4.33. The highest BCUT2D eigenvalue weighted by molar-refractivity contribution is 5.93. The third-order valence-corrected chi connectivity index (χ3v) is 5.28. The summed E-state index contributed by atoms with van der Waals surface area (Å²) >= 11 is 0. The van der Waals surface area contributed by atoms with Gasteiger partial charge in [0, 0.05) is 49.0 Å². The lowest BCUT2D eigenvalue weighted by atomic mass is 10.0. The number of rotatable bonds is 5. The number of anilines is 1. The molecule has 7 nitrogen and oxygen atoms in total. The van der Waals surface area contributed by atoms with Crippen LogP contribution in [0.15, 0.2) is 78.0 Å². The Morgan fingerprint density at radius 1 is 1.06 bits per heavy atom. The number of halogens is 1. The molecule has 33 heavy (non-hydrogen) atoms. The smallest absolute Gasteiger partial charge is 0.265 e. The summed E-state index contributed by atoms with van der Waals surface area (Å²) in [6.07, 6.45) is 3.72. The summed E-state index contributed by atoms with van der Waals surface area (Å²) in [4.78, 5) is 27.0. The normalized spacial score (nSPS) is 12.1. The van der Waals surface area contributed by atoms with Crippen LogP contribution < -0.4 is 15.6 Å². The molecular formula is C25H20FN5O2. The van der Waals surface area contributed by atoms with E-state index in [1.54, 1.807) is 54.5 Å². The third-order valence-electron chi connectivity index (χ3n) is 5.28. The molecule has 0 saturated carbocycles. The first-order chi connectivity index (χ1) is 16.0. The van der Waals surface area contributed by atoms with Crippen LogP contribution in [0.4, 0.5) is 10.3 Å². The highest BCUT2D eigenvalue weighted by Crippen LogP contribution is 2.28. The van der Waals surface area contributed by atoms with Gasteiger partial charge >= 0.3 is 0 Å². The quantitative estimate of drug-likeness (QED) is 0.425. The number of hydrogen-bond donors (Lipinski definition) is 1. The zero-order valence-electron chi connectivity index (χ0n) is 18.0. The SMILES string of the molecule is CNc1ncc2cn(-c3ccc4ncccc4c3)c(=O)c(-c3ccc(O[C@H](C)F)cc3)c2n1. The van der Waals surface area contributed by atoms with Gasteiger partial charge in [-0.05, 0) is 42.0 Å². The van der Waals surface area contributed by atoms with Crippen LogP contribution in [0.2, 0.25) is 0 Å². The van der Waals surface area contributed by atoms with Crippen molar-refractivity contribution in [1.82, 2.24) is 19.5 Å². The van der Waals surface area contributed by atoms with Crippen LogP contribution >= 0.6 is 0 Å². The van der Waals surface area contributed by atoms with Crippen molar-refractivity contribution in [3.63, 3.8) is 0 Å². The van der Waals surface area contributed by atoms with E-state index in [1.165, 1.54) is 6.92 Å². The van der Waals surface area contributed by atoms with Crippen molar-refractivity contribution >= 4 is 27.8 Å². The molecule has 0 fully saturated rings. The Morgan fingerprint density at radius 2 is 1.88 bits per heavy atom. The highest BCUT2D eigenvalue weighted by atomic mass is 19.1. The molecule has 0 aliphatic heterocycles. The van der Waals surface area contributed by atoms with Crippen LogP contribution in [0.1, 0.15) is 6.92 Å². The number of alkyl halides is 1. The predicted octanol–water partition coefficient (Wildman–Crippen LogP) is 4.73. The van der Waals surface area contributed by atoms with Crippen molar-refractivity contribution in [3.05, 3.63) is 83.5 Å². The van der Waals surface area contributed by atoms with Gasteiger partial charge in [0.1, 0.15) is 5.75 Å². The summed E-state index contributed by atoms with van der Waals surface area (Å²) in [5.41, 5.74) is 2.88. The lowest BCUT2D eigenvalue weighted by Gasteiger charge is -2.14. The van der Waals surface area contributed by atoms with Crippen LogP contribution in [0, 0.1) is 0 Å². The van der Waals surface area contributed by atoms with Crippen molar-refractivity contribution in [3.8, 4) is 22.6 Å². The van der Waals surface area contributed by atoms with Gasteiger partial charge in [0.2, 0.25) is 12.3 Å². The monoisotopic (exact) mass is 441 g/mol. The van der Waals surface area contributed by atoms with Gasteiger partial charge in [0.25, 0.3) is 5.56 Å². The summed E-state index contributed by atoms with van der Waals surface area (Å²) in [6.45, 7) is 1.31. The van der Waals surface area contributed by atoms with E-state index < -0.39 is 6.36 Å². The number of fused-ring (bicyclic) bond motifs is 2. The first-order valence-electron chi connectivity index (χ1n) is 10.4. The third kappa shape index (κ3) is 3.87. The Kier molecular flexibility index (Phi) is 5.18. The second-order valence-electron chi connectivity index (χ2n) is 7.49. The molecule has 0 spiro atoms. The molecule has 0 aliphatic rings. The summed E-state index contributed by atoms with van der Waals surface area (Å²) < 4.78 is 19.9. The lowest BCUT2D eigenvalue weighted by molar-refractivity contribution is 0.0861. The molecule has 5 rings (SSSR count). The number of aromatic nitrogens is 4. The van der Waals surface area contributed by atoms with Crippen molar-refractivity contribution < 1.29 is 9.13 Å². The molecule has 0 radical (unpaired) electrons. The average Bonchev–Trinajstić information content (AvgIpc) is 2.83. The zero-order valence-corrected chi connectivity index (χ0v) is 18.0. The molecule has 1 atom stereocenters. The van der Waals surface area contributed by atoms with Crippen molar-refractivity contribution in [2.45, 2.75) is 13.3 Å². The number of ether oxygens (including phenoxy) is 1. The minimum Gasteiger partial charge on any atom is -0.461 e. The fraction of sp³-hybridized carbons (Fsp3) is 0.120. The molecule has 0 aliphatic carbocycles. The maximum atomic E-state index is 13.8. The van der Waals surface area contributed by atoms with E-state index >= 15 is 0 Å².